The Morgan fingerprint density at radius 2 is 2.57 bits per heavy atom. The first-order chi connectivity index (χ1) is 6.88. The fourth-order valence-electron chi connectivity index (χ4n) is 1.46. The first-order valence-corrected chi connectivity index (χ1v) is 4.72. The quantitative estimate of drug-likeness (QED) is 0.671. The summed E-state index contributed by atoms with van der Waals surface area (Å²) in [7, 11) is 0. The van der Waals surface area contributed by atoms with Crippen molar-refractivity contribution >= 4 is 0 Å². The zero-order valence-corrected chi connectivity index (χ0v) is 7.85. The lowest BCUT2D eigenvalue weighted by Gasteiger charge is -2.16. The van der Waals surface area contributed by atoms with Gasteiger partial charge in [0.1, 0.15) is 0 Å². The number of rotatable bonds is 1. The molecule has 1 fully saturated rings. The lowest BCUT2D eigenvalue weighted by Crippen LogP contribution is -2.31. The van der Waals surface area contributed by atoms with Crippen LogP contribution in [0.15, 0.2) is 23.4 Å². The van der Waals surface area contributed by atoms with Crippen LogP contribution in [0.25, 0.3) is 0 Å². The minimum absolute atomic E-state index is 0.0753. The predicted molar refractivity (Wildman–Crippen MR) is 51.0 cm³/mol. The van der Waals surface area contributed by atoms with E-state index in [0.717, 1.165) is 13.0 Å². The molecule has 2 heterocycles. The molecule has 0 aromatic carbocycles. The van der Waals surface area contributed by atoms with Crippen LogP contribution in [0.2, 0.25) is 0 Å². The highest BCUT2D eigenvalue weighted by Gasteiger charge is 2.14. The van der Waals surface area contributed by atoms with E-state index in [0.29, 0.717) is 13.2 Å². The van der Waals surface area contributed by atoms with Gasteiger partial charge in [-0.15, -0.1) is 0 Å². The van der Waals surface area contributed by atoms with Gasteiger partial charge in [0.05, 0.1) is 12.9 Å². The molecule has 1 atom stereocenters. The first-order valence-electron chi connectivity index (χ1n) is 4.72. The van der Waals surface area contributed by atoms with Crippen LogP contribution < -0.4 is 10.9 Å². The fourth-order valence-corrected chi connectivity index (χ4v) is 1.46. The van der Waals surface area contributed by atoms with E-state index < -0.39 is 0 Å². The van der Waals surface area contributed by atoms with Crippen LogP contribution in [0, 0.1) is 0 Å². The van der Waals surface area contributed by atoms with Crippen LogP contribution in [0.4, 0.5) is 0 Å². The number of aromatic nitrogens is 2. The number of ether oxygens (including phenoxy) is 1. The molecule has 1 saturated heterocycles. The highest BCUT2D eigenvalue weighted by Crippen LogP contribution is 2.06. The van der Waals surface area contributed by atoms with E-state index in [4.69, 9.17) is 4.74 Å². The predicted octanol–water partition coefficient (Wildman–Crippen LogP) is -0.248. The van der Waals surface area contributed by atoms with Gasteiger partial charge >= 0.3 is 0 Å². The molecule has 0 amide bonds. The van der Waals surface area contributed by atoms with Gasteiger partial charge in [-0.1, -0.05) is 0 Å². The topological polar surface area (TPSA) is 56.2 Å². The van der Waals surface area contributed by atoms with Gasteiger partial charge in [-0.2, -0.15) is 0 Å². The molecule has 5 nitrogen and oxygen atoms in total. The van der Waals surface area contributed by atoms with Crippen molar-refractivity contribution in [3.05, 3.63) is 28.9 Å². The van der Waals surface area contributed by atoms with Gasteiger partial charge < -0.3 is 10.1 Å². The van der Waals surface area contributed by atoms with Crippen molar-refractivity contribution in [1.82, 2.24) is 14.9 Å². The molecule has 1 aliphatic rings. The summed E-state index contributed by atoms with van der Waals surface area (Å²) < 4.78 is 7.04. The Balaban J connectivity index is 2.20. The van der Waals surface area contributed by atoms with Crippen molar-refractivity contribution < 1.29 is 4.74 Å². The van der Waals surface area contributed by atoms with Crippen LogP contribution >= 0.6 is 0 Å². The summed E-state index contributed by atoms with van der Waals surface area (Å²) in [6.07, 6.45) is 3.76. The van der Waals surface area contributed by atoms with Gasteiger partial charge in [-0.25, -0.2) is 4.98 Å². The summed E-state index contributed by atoms with van der Waals surface area (Å²) in [4.78, 5) is 15.4. The number of nitrogens with one attached hydrogen (secondary N) is 1. The second-order valence-electron chi connectivity index (χ2n) is 3.21. The monoisotopic (exact) mass is 195 g/mol. The molecule has 1 N–H and O–H groups in total. The zero-order chi connectivity index (χ0) is 9.80. The maximum Gasteiger partial charge on any atom is 0.255 e. The highest BCUT2D eigenvalue weighted by molar-refractivity contribution is 4.84. The van der Waals surface area contributed by atoms with Crippen molar-refractivity contribution in [1.29, 1.82) is 0 Å². The Hall–Kier alpha value is -1.20. The van der Waals surface area contributed by atoms with Gasteiger partial charge in [0, 0.05) is 18.8 Å². The van der Waals surface area contributed by atoms with Crippen molar-refractivity contribution in [3.8, 4) is 0 Å². The van der Waals surface area contributed by atoms with E-state index >= 15 is 0 Å². The minimum atomic E-state index is -0.223. The molecule has 0 aliphatic carbocycles. The summed E-state index contributed by atoms with van der Waals surface area (Å²) in [5.41, 5.74) is -0.0753. The Labute approximate surface area is 81.7 Å². The number of nitrogens with zero attached hydrogens (tertiary/aromatic N) is 2. The summed E-state index contributed by atoms with van der Waals surface area (Å²) >= 11 is 0. The summed E-state index contributed by atoms with van der Waals surface area (Å²) in [5, 5.41) is 3.21. The van der Waals surface area contributed by atoms with E-state index in [1.165, 1.54) is 23.2 Å². The summed E-state index contributed by atoms with van der Waals surface area (Å²) in [6.45, 7) is 2.27. The second-order valence-corrected chi connectivity index (χ2v) is 3.21. The Kier molecular flexibility index (Phi) is 2.90. The SMILES string of the molecule is O=c1ccncn1C1CNCCCO1. The van der Waals surface area contributed by atoms with Crippen LogP contribution in [0.1, 0.15) is 12.6 Å². The molecule has 5 heteroatoms. The maximum atomic E-state index is 11.4. The van der Waals surface area contributed by atoms with Gasteiger partial charge in [0.15, 0.2) is 6.23 Å². The van der Waals surface area contributed by atoms with Crippen molar-refractivity contribution in [2.75, 3.05) is 19.7 Å². The molecule has 76 valence electrons. The first kappa shape index (κ1) is 9.36. The third-order valence-electron chi connectivity index (χ3n) is 2.19. The van der Waals surface area contributed by atoms with Crippen LogP contribution in [-0.4, -0.2) is 29.2 Å². The average molecular weight is 195 g/mol. The molecule has 14 heavy (non-hydrogen) atoms. The van der Waals surface area contributed by atoms with E-state index in [-0.39, 0.29) is 11.8 Å². The Morgan fingerprint density at radius 1 is 1.64 bits per heavy atom. The van der Waals surface area contributed by atoms with Gasteiger partial charge in [-0.3, -0.25) is 9.36 Å². The van der Waals surface area contributed by atoms with Crippen molar-refractivity contribution in [3.63, 3.8) is 0 Å². The third-order valence-corrected chi connectivity index (χ3v) is 2.19. The van der Waals surface area contributed by atoms with E-state index in [1.807, 2.05) is 0 Å². The lowest BCUT2D eigenvalue weighted by molar-refractivity contribution is 0.0127. The zero-order valence-electron chi connectivity index (χ0n) is 7.85. The third kappa shape index (κ3) is 2.00. The van der Waals surface area contributed by atoms with Crippen LogP contribution in [-0.2, 0) is 4.74 Å². The molecule has 1 aromatic heterocycles. The number of hydrogen-bond acceptors (Lipinski definition) is 4. The minimum Gasteiger partial charge on any atom is -0.356 e. The smallest absolute Gasteiger partial charge is 0.255 e. The van der Waals surface area contributed by atoms with E-state index in [2.05, 4.69) is 10.3 Å². The van der Waals surface area contributed by atoms with Gasteiger partial charge in [0.25, 0.3) is 5.56 Å². The number of hydrogen-bond donors (Lipinski definition) is 1. The van der Waals surface area contributed by atoms with Crippen molar-refractivity contribution in [2.24, 2.45) is 0 Å². The van der Waals surface area contributed by atoms with Crippen molar-refractivity contribution in [2.45, 2.75) is 12.6 Å². The Morgan fingerprint density at radius 3 is 3.43 bits per heavy atom. The Bertz CT molecular complexity index is 342. The molecular formula is C9H13N3O2. The molecular weight excluding hydrogens is 182 g/mol. The lowest BCUT2D eigenvalue weighted by atomic mass is 10.4. The highest BCUT2D eigenvalue weighted by atomic mass is 16.5. The van der Waals surface area contributed by atoms with E-state index in [1.54, 1.807) is 0 Å². The largest absolute Gasteiger partial charge is 0.356 e. The maximum absolute atomic E-state index is 11.4. The molecule has 0 radical (unpaired) electrons. The van der Waals surface area contributed by atoms with Gasteiger partial charge in [0.2, 0.25) is 0 Å². The molecule has 0 saturated carbocycles. The average Bonchev–Trinajstić information content (AvgIpc) is 2.47. The molecule has 0 spiro atoms. The summed E-state index contributed by atoms with van der Waals surface area (Å²) in [6, 6.07) is 1.44. The second kappa shape index (κ2) is 4.34. The molecule has 1 unspecified atom stereocenters. The summed E-state index contributed by atoms with van der Waals surface area (Å²) in [5.74, 6) is 0. The fraction of sp³-hybridized carbons (Fsp3) is 0.556. The molecule has 2 rings (SSSR count). The molecule has 1 aromatic rings. The normalized spacial score (nSPS) is 23.0. The van der Waals surface area contributed by atoms with E-state index in [9.17, 15) is 4.79 Å². The van der Waals surface area contributed by atoms with Crippen LogP contribution in [0.3, 0.4) is 0 Å². The molecule has 0 bridgehead atoms. The van der Waals surface area contributed by atoms with Crippen LogP contribution in [0.5, 0.6) is 0 Å². The molecule has 1 aliphatic heterocycles. The standard InChI is InChI=1S/C9H13N3O2/c13-8-2-4-11-7-12(8)9-6-10-3-1-5-14-9/h2,4,7,9-10H,1,3,5-6H2. The van der Waals surface area contributed by atoms with Gasteiger partial charge in [-0.05, 0) is 13.0 Å².